The predicted octanol–water partition coefficient (Wildman–Crippen LogP) is 3.50. The van der Waals surface area contributed by atoms with Crippen LogP contribution in [0.5, 0.6) is 0 Å². The summed E-state index contributed by atoms with van der Waals surface area (Å²) in [6.07, 6.45) is 8.78. The molecule has 0 aliphatic rings. The normalized spacial score (nSPS) is 13.1. The number of nitrogens with zero attached hydrogens (tertiary/aromatic N) is 1. The van der Waals surface area contributed by atoms with E-state index in [4.69, 9.17) is 0 Å². The molecular formula is C11H17N. The molecule has 0 bridgehead atoms. The number of hydrogen-bond acceptors (Lipinski definition) is 1. The van der Waals surface area contributed by atoms with Crippen molar-refractivity contribution in [2.24, 2.45) is 4.99 Å². The van der Waals surface area contributed by atoms with E-state index in [1.54, 1.807) is 0 Å². The van der Waals surface area contributed by atoms with Gasteiger partial charge in [-0.1, -0.05) is 31.2 Å². The van der Waals surface area contributed by atoms with Crippen LogP contribution < -0.4 is 0 Å². The Morgan fingerprint density at radius 1 is 1.42 bits per heavy atom. The fourth-order valence-electron chi connectivity index (χ4n) is 0.638. The van der Waals surface area contributed by atoms with Crippen molar-refractivity contribution in [3.05, 3.63) is 36.1 Å². The van der Waals surface area contributed by atoms with Crippen molar-refractivity contribution in [3.8, 4) is 0 Å². The Balaban J connectivity index is 4.20. The van der Waals surface area contributed by atoms with Crippen molar-refractivity contribution in [2.75, 3.05) is 0 Å². The van der Waals surface area contributed by atoms with E-state index in [0.29, 0.717) is 0 Å². The smallest absolute Gasteiger partial charge is 0.0583 e. The highest BCUT2D eigenvalue weighted by Gasteiger charge is 1.82. The molecule has 0 atom stereocenters. The van der Waals surface area contributed by atoms with E-state index < -0.39 is 0 Å². The van der Waals surface area contributed by atoms with Crippen LogP contribution in [0.4, 0.5) is 0 Å². The van der Waals surface area contributed by atoms with Gasteiger partial charge in [0.2, 0.25) is 0 Å². The molecule has 0 saturated heterocycles. The molecule has 0 rings (SSSR count). The number of aliphatic imine (C=N–C) groups is 1. The van der Waals surface area contributed by atoms with Gasteiger partial charge in [-0.25, -0.2) is 0 Å². The molecule has 0 unspecified atom stereocenters. The van der Waals surface area contributed by atoms with Gasteiger partial charge >= 0.3 is 0 Å². The number of rotatable bonds is 4. The first-order chi connectivity index (χ1) is 5.70. The van der Waals surface area contributed by atoms with Crippen molar-refractivity contribution < 1.29 is 0 Å². The first-order valence-corrected chi connectivity index (χ1v) is 4.23. The average Bonchev–Trinajstić information content (AvgIpc) is 2.05. The van der Waals surface area contributed by atoms with Gasteiger partial charge < -0.3 is 0 Å². The molecule has 0 aromatic rings. The predicted molar refractivity (Wildman–Crippen MR) is 56.5 cm³/mol. The molecule has 0 aliphatic heterocycles. The van der Waals surface area contributed by atoms with Gasteiger partial charge in [-0.15, -0.1) is 0 Å². The zero-order valence-corrected chi connectivity index (χ0v) is 8.17. The maximum Gasteiger partial charge on any atom is 0.0583 e. The second kappa shape index (κ2) is 6.59. The lowest BCUT2D eigenvalue weighted by molar-refractivity contribution is 1.28. The minimum absolute atomic E-state index is 0.970. The summed E-state index contributed by atoms with van der Waals surface area (Å²) in [6.45, 7) is 9.79. The summed E-state index contributed by atoms with van der Waals surface area (Å²) in [5.74, 6) is 0. The lowest BCUT2D eigenvalue weighted by atomic mass is 10.3. The Morgan fingerprint density at radius 3 is 2.50 bits per heavy atom. The monoisotopic (exact) mass is 163 g/mol. The summed E-state index contributed by atoms with van der Waals surface area (Å²) < 4.78 is 0. The minimum atomic E-state index is 0.970. The van der Waals surface area contributed by atoms with E-state index in [9.17, 15) is 0 Å². The SMILES string of the molecule is C=C(C)/C=C\C(=C\C)N=CCC. The third-order valence-corrected chi connectivity index (χ3v) is 1.26. The maximum atomic E-state index is 4.24. The summed E-state index contributed by atoms with van der Waals surface area (Å²) >= 11 is 0. The molecule has 0 aliphatic carbocycles. The van der Waals surface area contributed by atoms with Gasteiger partial charge in [0, 0.05) is 6.21 Å². The molecule has 0 saturated carbocycles. The lowest BCUT2D eigenvalue weighted by Crippen LogP contribution is -1.74. The molecule has 0 spiro atoms. The Morgan fingerprint density at radius 2 is 2.08 bits per heavy atom. The van der Waals surface area contributed by atoms with E-state index in [2.05, 4.69) is 18.5 Å². The Labute approximate surface area is 75.2 Å². The molecule has 12 heavy (non-hydrogen) atoms. The van der Waals surface area contributed by atoms with Gasteiger partial charge in [0.15, 0.2) is 0 Å². The van der Waals surface area contributed by atoms with Crippen LogP contribution in [0.25, 0.3) is 0 Å². The molecule has 66 valence electrons. The van der Waals surface area contributed by atoms with Crippen molar-refractivity contribution >= 4 is 6.21 Å². The Kier molecular flexibility index (Phi) is 5.98. The van der Waals surface area contributed by atoms with E-state index in [-0.39, 0.29) is 0 Å². The van der Waals surface area contributed by atoms with Crippen LogP contribution in [0.3, 0.4) is 0 Å². The van der Waals surface area contributed by atoms with Gasteiger partial charge in [-0.2, -0.15) is 0 Å². The zero-order chi connectivity index (χ0) is 9.40. The standard InChI is InChI=1S/C11H17N/c1-5-9-12-11(6-2)8-7-10(3)4/h6-9H,3,5H2,1-2,4H3/b8-7-,11-6-,12-9?. The van der Waals surface area contributed by atoms with E-state index in [0.717, 1.165) is 17.7 Å². The van der Waals surface area contributed by atoms with E-state index >= 15 is 0 Å². The summed E-state index contributed by atoms with van der Waals surface area (Å²) in [5, 5.41) is 0. The summed E-state index contributed by atoms with van der Waals surface area (Å²) in [5.41, 5.74) is 2.03. The largest absolute Gasteiger partial charge is 0.262 e. The molecule has 0 aromatic heterocycles. The molecular weight excluding hydrogens is 146 g/mol. The molecule has 1 nitrogen and oxygen atoms in total. The van der Waals surface area contributed by atoms with Crippen molar-refractivity contribution in [1.29, 1.82) is 0 Å². The first-order valence-electron chi connectivity index (χ1n) is 4.23. The van der Waals surface area contributed by atoms with Crippen molar-refractivity contribution in [1.82, 2.24) is 0 Å². The lowest BCUT2D eigenvalue weighted by Gasteiger charge is -1.91. The molecule has 0 aromatic carbocycles. The molecule has 0 radical (unpaired) electrons. The molecule has 0 heterocycles. The maximum absolute atomic E-state index is 4.24. The fraction of sp³-hybridized carbons (Fsp3) is 0.364. The Hall–Kier alpha value is -1.11. The number of hydrogen-bond donors (Lipinski definition) is 0. The van der Waals surface area contributed by atoms with Crippen LogP contribution in [0.2, 0.25) is 0 Å². The third kappa shape index (κ3) is 5.66. The third-order valence-electron chi connectivity index (χ3n) is 1.26. The fourth-order valence-corrected chi connectivity index (χ4v) is 0.638. The summed E-state index contributed by atoms with van der Waals surface area (Å²) in [7, 11) is 0. The molecule has 1 heteroatoms. The second-order valence-corrected chi connectivity index (χ2v) is 2.61. The highest BCUT2D eigenvalue weighted by atomic mass is 14.7. The average molecular weight is 163 g/mol. The first kappa shape index (κ1) is 10.9. The van der Waals surface area contributed by atoms with Crippen LogP contribution in [-0.4, -0.2) is 6.21 Å². The van der Waals surface area contributed by atoms with Gasteiger partial charge in [0.1, 0.15) is 0 Å². The Bertz CT molecular complexity index is 219. The van der Waals surface area contributed by atoms with E-state index in [1.165, 1.54) is 0 Å². The van der Waals surface area contributed by atoms with Crippen LogP contribution >= 0.6 is 0 Å². The van der Waals surface area contributed by atoms with Crippen molar-refractivity contribution in [2.45, 2.75) is 27.2 Å². The van der Waals surface area contributed by atoms with Crippen LogP contribution in [-0.2, 0) is 0 Å². The summed E-state index contributed by atoms with van der Waals surface area (Å²) in [6, 6.07) is 0. The zero-order valence-electron chi connectivity index (χ0n) is 8.17. The molecule has 0 fully saturated rings. The van der Waals surface area contributed by atoms with Crippen LogP contribution in [0.1, 0.15) is 27.2 Å². The second-order valence-electron chi connectivity index (χ2n) is 2.61. The van der Waals surface area contributed by atoms with Gasteiger partial charge in [0.05, 0.1) is 5.70 Å². The van der Waals surface area contributed by atoms with Gasteiger partial charge in [-0.05, 0) is 26.3 Å². The summed E-state index contributed by atoms with van der Waals surface area (Å²) in [4.78, 5) is 4.24. The van der Waals surface area contributed by atoms with Crippen LogP contribution in [0, 0.1) is 0 Å². The van der Waals surface area contributed by atoms with E-state index in [1.807, 2.05) is 38.3 Å². The molecule has 0 amide bonds. The topological polar surface area (TPSA) is 12.4 Å². The van der Waals surface area contributed by atoms with Crippen LogP contribution in [0.15, 0.2) is 41.1 Å². The minimum Gasteiger partial charge on any atom is -0.262 e. The molecule has 0 N–H and O–H groups in total. The van der Waals surface area contributed by atoms with Gasteiger partial charge in [0.25, 0.3) is 0 Å². The van der Waals surface area contributed by atoms with Gasteiger partial charge in [-0.3, -0.25) is 4.99 Å². The number of allylic oxidation sites excluding steroid dienone is 4. The highest BCUT2D eigenvalue weighted by molar-refractivity contribution is 5.59. The quantitative estimate of drug-likeness (QED) is 0.444. The van der Waals surface area contributed by atoms with Crippen molar-refractivity contribution in [3.63, 3.8) is 0 Å². The highest BCUT2D eigenvalue weighted by Crippen LogP contribution is 2.00.